The summed E-state index contributed by atoms with van der Waals surface area (Å²) in [5.41, 5.74) is 1.03. The molecule has 2 unspecified atom stereocenters. The van der Waals surface area contributed by atoms with Gasteiger partial charge in [0, 0.05) is 5.25 Å². The van der Waals surface area contributed by atoms with Gasteiger partial charge in [-0.15, -0.1) is 11.3 Å². The van der Waals surface area contributed by atoms with E-state index in [1.165, 1.54) is 17.5 Å². The third-order valence-electron chi connectivity index (χ3n) is 4.05. The molecule has 1 heterocycles. The first-order chi connectivity index (χ1) is 11.6. The molecule has 5 heteroatoms. The van der Waals surface area contributed by atoms with Crippen molar-refractivity contribution in [1.29, 1.82) is 0 Å². The summed E-state index contributed by atoms with van der Waals surface area (Å²) in [6.45, 7) is 6.99. The Kier molecular flexibility index (Phi) is 8.06. The Morgan fingerprint density at radius 2 is 2.12 bits per heavy atom. The third kappa shape index (κ3) is 6.10. The van der Waals surface area contributed by atoms with Crippen LogP contribution in [0, 0.1) is 5.92 Å². The van der Waals surface area contributed by atoms with Gasteiger partial charge in [-0.25, -0.2) is 4.98 Å². The first-order valence-electron chi connectivity index (χ1n) is 8.80. The van der Waals surface area contributed by atoms with Gasteiger partial charge in [0.05, 0.1) is 23.2 Å². The van der Waals surface area contributed by atoms with E-state index in [1.807, 2.05) is 18.2 Å². The van der Waals surface area contributed by atoms with E-state index < -0.39 is 0 Å². The third-order valence-corrected chi connectivity index (χ3v) is 6.29. The van der Waals surface area contributed by atoms with Crippen LogP contribution in [0.2, 0.25) is 0 Å². The Morgan fingerprint density at radius 3 is 2.83 bits per heavy atom. The minimum Gasteiger partial charge on any atom is -0.465 e. The molecule has 0 N–H and O–H groups in total. The van der Waals surface area contributed by atoms with E-state index in [0.29, 0.717) is 18.9 Å². The van der Waals surface area contributed by atoms with Gasteiger partial charge in [0.15, 0.2) is 4.34 Å². The predicted octanol–water partition coefficient (Wildman–Crippen LogP) is 5.93. The molecule has 0 amide bonds. The van der Waals surface area contributed by atoms with Crippen molar-refractivity contribution in [2.45, 2.75) is 62.5 Å². The van der Waals surface area contributed by atoms with Gasteiger partial charge in [-0.1, -0.05) is 63.9 Å². The van der Waals surface area contributed by atoms with Gasteiger partial charge in [0.1, 0.15) is 0 Å². The van der Waals surface area contributed by atoms with Gasteiger partial charge in [-0.05, 0) is 24.5 Å². The van der Waals surface area contributed by atoms with Crippen molar-refractivity contribution in [2.24, 2.45) is 5.92 Å². The van der Waals surface area contributed by atoms with Crippen LogP contribution in [0.25, 0.3) is 10.2 Å². The number of hydrogen-bond acceptors (Lipinski definition) is 5. The van der Waals surface area contributed by atoms with Crippen molar-refractivity contribution in [1.82, 2.24) is 4.98 Å². The number of para-hydroxylation sites is 1. The molecule has 0 fully saturated rings. The standard InChI is InChI=1S/C19H27NO2S2/c1-4-6-9-15(5-2)13-22-18(21)12-14(3)23-19-20-16-10-7-8-11-17(16)24-19/h7-8,10-11,14-15H,4-6,9,12-13H2,1-3H3. The molecule has 1 aromatic carbocycles. The van der Waals surface area contributed by atoms with E-state index in [0.717, 1.165) is 22.7 Å². The molecular weight excluding hydrogens is 338 g/mol. The van der Waals surface area contributed by atoms with E-state index >= 15 is 0 Å². The number of benzene rings is 1. The molecule has 0 aliphatic rings. The van der Waals surface area contributed by atoms with Gasteiger partial charge < -0.3 is 4.74 Å². The molecule has 132 valence electrons. The van der Waals surface area contributed by atoms with Crippen LogP contribution in [-0.2, 0) is 9.53 Å². The predicted molar refractivity (Wildman–Crippen MR) is 104 cm³/mol. The molecule has 24 heavy (non-hydrogen) atoms. The van der Waals surface area contributed by atoms with E-state index in [2.05, 4.69) is 31.8 Å². The van der Waals surface area contributed by atoms with Crippen molar-refractivity contribution in [3.8, 4) is 0 Å². The fourth-order valence-electron chi connectivity index (χ4n) is 2.52. The maximum absolute atomic E-state index is 12.1. The summed E-state index contributed by atoms with van der Waals surface area (Å²) in [7, 11) is 0. The first-order valence-corrected chi connectivity index (χ1v) is 10.5. The van der Waals surface area contributed by atoms with Crippen LogP contribution in [0.15, 0.2) is 28.6 Å². The van der Waals surface area contributed by atoms with Gasteiger partial charge in [-0.2, -0.15) is 0 Å². The summed E-state index contributed by atoms with van der Waals surface area (Å²) in [5.74, 6) is 0.409. The van der Waals surface area contributed by atoms with Crippen LogP contribution in [-0.4, -0.2) is 22.8 Å². The highest BCUT2D eigenvalue weighted by atomic mass is 32.2. The minimum atomic E-state index is -0.0916. The van der Waals surface area contributed by atoms with Gasteiger partial charge in [-0.3, -0.25) is 4.79 Å². The second-order valence-corrected chi connectivity index (χ2v) is 8.90. The number of nitrogens with zero attached hydrogens (tertiary/aromatic N) is 1. The van der Waals surface area contributed by atoms with Crippen molar-refractivity contribution in [3.63, 3.8) is 0 Å². The molecule has 0 spiro atoms. The average molecular weight is 366 g/mol. The summed E-state index contributed by atoms with van der Waals surface area (Å²) < 4.78 is 7.70. The lowest BCUT2D eigenvalue weighted by Crippen LogP contribution is -2.16. The molecular formula is C19H27NO2S2. The van der Waals surface area contributed by atoms with E-state index in [9.17, 15) is 4.79 Å². The second kappa shape index (κ2) is 10.0. The van der Waals surface area contributed by atoms with Crippen LogP contribution >= 0.6 is 23.1 Å². The lowest BCUT2D eigenvalue weighted by molar-refractivity contribution is -0.145. The number of hydrogen-bond donors (Lipinski definition) is 0. The highest BCUT2D eigenvalue weighted by Gasteiger charge is 2.16. The lowest BCUT2D eigenvalue weighted by Gasteiger charge is -2.15. The molecule has 2 aromatic rings. The zero-order chi connectivity index (χ0) is 17.4. The van der Waals surface area contributed by atoms with E-state index in [1.54, 1.807) is 23.1 Å². The summed E-state index contributed by atoms with van der Waals surface area (Å²) in [5, 5.41) is 0.175. The van der Waals surface area contributed by atoms with E-state index in [4.69, 9.17) is 4.74 Å². The van der Waals surface area contributed by atoms with E-state index in [-0.39, 0.29) is 11.2 Å². The number of ether oxygens (including phenoxy) is 1. The number of unbranched alkanes of at least 4 members (excludes halogenated alkanes) is 1. The number of fused-ring (bicyclic) bond motifs is 1. The molecule has 0 aliphatic carbocycles. The Balaban J connectivity index is 1.76. The SMILES string of the molecule is CCCCC(CC)COC(=O)CC(C)Sc1nc2ccccc2s1. The van der Waals surface area contributed by atoms with Crippen LogP contribution in [0.1, 0.15) is 52.9 Å². The number of esters is 1. The second-order valence-electron chi connectivity index (χ2n) is 6.18. The topological polar surface area (TPSA) is 39.2 Å². The van der Waals surface area contributed by atoms with Crippen LogP contribution in [0.3, 0.4) is 0 Å². The van der Waals surface area contributed by atoms with Crippen LogP contribution < -0.4 is 0 Å². The van der Waals surface area contributed by atoms with Gasteiger partial charge >= 0.3 is 5.97 Å². The highest BCUT2D eigenvalue weighted by molar-refractivity contribution is 8.01. The molecule has 0 saturated carbocycles. The quantitative estimate of drug-likeness (QED) is 0.386. The summed E-state index contributed by atoms with van der Waals surface area (Å²) in [6, 6.07) is 8.13. The van der Waals surface area contributed by atoms with Gasteiger partial charge in [0.25, 0.3) is 0 Å². The molecule has 0 radical (unpaired) electrons. The Labute approximate surface area is 153 Å². The zero-order valence-corrected chi connectivity index (χ0v) is 16.4. The largest absolute Gasteiger partial charge is 0.465 e. The van der Waals surface area contributed by atoms with Crippen molar-refractivity contribution in [3.05, 3.63) is 24.3 Å². The Hall–Kier alpha value is -1.07. The molecule has 0 saturated heterocycles. The number of rotatable bonds is 10. The fourth-order valence-corrected chi connectivity index (χ4v) is 4.88. The summed E-state index contributed by atoms with van der Waals surface area (Å²) >= 11 is 3.34. The Bertz CT molecular complexity index is 608. The first kappa shape index (κ1) is 19.3. The monoisotopic (exact) mass is 365 g/mol. The maximum Gasteiger partial charge on any atom is 0.306 e. The fraction of sp³-hybridized carbons (Fsp3) is 0.579. The molecule has 1 aromatic heterocycles. The normalized spacial score (nSPS) is 13.8. The lowest BCUT2D eigenvalue weighted by atomic mass is 10.0. The molecule has 0 bridgehead atoms. The number of thioether (sulfide) groups is 1. The van der Waals surface area contributed by atoms with Crippen LogP contribution in [0.4, 0.5) is 0 Å². The molecule has 2 atom stereocenters. The van der Waals surface area contributed by atoms with Crippen LogP contribution in [0.5, 0.6) is 0 Å². The number of carbonyl (C=O) groups is 1. The Morgan fingerprint density at radius 1 is 1.33 bits per heavy atom. The van der Waals surface area contributed by atoms with Crippen molar-refractivity contribution in [2.75, 3.05) is 6.61 Å². The maximum atomic E-state index is 12.1. The summed E-state index contributed by atoms with van der Waals surface area (Å²) in [4.78, 5) is 16.7. The smallest absolute Gasteiger partial charge is 0.306 e. The minimum absolute atomic E-state index is 0.0916. The van der Waals surface area contributed by atoms with Gasteiger partial charge in [0.2, 0.25) is 0 Å². The van der Waals surface area contributed by atoms with Crippen molar-refractivity contribution < 1.29 is 9.53 Å². The summed E-state index contributed by atoms with van der Waals surface area (Å²) in [6.07, 6.45) is 5.06. The average Bonchev–Trinajstić information content (AvgIpc) is 2.96. The highest BCUT2D eigenvalue weighted by Crippen LogP contribution is 2.32. The zero-order valence-electron chi connectivity index (χ0n) is 14.8. The molecule has 2 rings (SSSR count). The molecule has 0 aliphatic heterocycles. The number of aromatic nitrogens is 1. The molecule has 3 nitrogen and oxygen atoms in total. The number of carbonyl (C=O) groups excluding carboxylic acids is 1. The van der Waals surface area contributed by atoms with Crippen molar-refractivity contribution >= 4 is 39.3 Å². The number of thiazole rings is 1.